The van der Waals surface area contributed by atoms with Crippen LogP contribution in [0, 0.1) is 5.92 Å². The quantitative estimate of drug-likeness (QED) is 0.700. The van der Waals surface area contributed by atoms with Gasteiger partial charge >= 0.3 is 0 Å². The topological polar surface area (TPSA) is 15.3 Å². The number of likely N-dealkylation sites (N-methyl/N-ethyl adjacent to an activating group) is 2. The van der Waals surface area contributed by atoms with Gasteiger partial charge in [-0.25, -0.2) is 0 Å². The van der Waals surface area contributed by atoms with Crippen LogP contribution in [0.4, 0.5) is 0 Å². The van der Waals surface area contributed by atoms with Gasteiger partial charge in [0.25, 0.3) is 0 Å². The molecule has 0 aromatic rings. The van der Waals surface area contributed by atoms with Crippen LogP contribution >= 0.6 is 0 Å². The summed E-state index contributed by atoms with van der Waals surface area (Å²) in [6.07, 6.45) is 7.32. The molecule has 0 radical (unpaired) electrons. The van der Waals surface area contributed by atoms with Gasteiger partial charge in [0.1, 0.15) is 0 Å². The Bertz CT molecular complexity index is 119. The molecule has 0 bridgehead atoms. The van der Waals surface area contributed by atoms with Crippen molar-refractivity contribution >= 4 is 0 Å². The van der Waals surface area contributed by atoms with Gasteiger partial charge in [-0.15, -0.1) is 0 Å². The van der Waals surface area contributed by atoms with Gasteiger partial charge in [0.05, 0.1) is 0 Å². The number of nitrogens with zero attached hydrogens (tertiary/aromatic N) is 1. The van der Waals surface area contributed by atoms with E-state index in [1.54, 1.807) is 0 Å². The van der Waals surface area contributed by atoms with Gasteiger partial charge in [-0.05, 0) is 32.9 Å². The molecule has 1 aliphatic rings. The zero-order chi connectivity index (χ0) is 9.52. The third-order valence-electron chi connectivity index (χ3n) is 3.04. The third-order valence-corrected chi connectivity index (χ3v) is 3.04. The van der Waals surface area contributed by atoms with Crippen LogP contribution in [0.25, 0.3) is 0 Å². The molecule has 0 aromatic heterocycles. The number of hydrogen-bond acceptors (Lipinski definition) is 2. The summed E-state index contributed by atoms with van der Waals surface area (Å²) in [5, 5.41) is 3.19. The van der Waals surface area contributed by atoms with E-state index >= 15 is 0 Å². The van der Waals surface area contributed by atoms with Gasteiger partial charge in [0.15, 0.2) is 0 Å². The Balaban J connectivity index is 2.07. The van der Waals surface area contributed by atoms with Gasteiger partial charge < -0.3 is 10.2 Å². The predicted molar refractivity (Wildman–Crippen MR) is 58.0 cm³/mol. The Kier molecular flexibility index (Phi) is 5.40. The molecule has 1 saturated carbocycles. The van der Waals surface area contributed by atoms with Gasteiger partial charge in [-0.1, -0.05) is 19.3 Å². The van der Waals surface area contributed by atoms with Crippen LogP contribution in [-0.2, 0) is 0 Å². The van der Waals surface area contributed by atoms with Gasteiger partial charge in [0.2, 0.25) is 0 Å². The lowest BCUT2D eigenvalue weighted by molar-refractivity contribution is 0.235. The molecule has 1 aliphatic carbocycles. The fourth-order valence-corrected chi connectivity index (χ4v) is 2.20. The van der Waals surface area contributed by atoms with E-state index in [1.165, 1.54) is 45.2 Å². The Morgan fingerprint density at radius 2 is 1.92 bits per heavy atom. The summed E-state index contributed by atoms with van der Waals surface area (Å²) < 4.78 is 0. The molecular weight excluding hydrogens is 160 g/mol. The van der Waals surface area contributed by atoms with Crippen LogP contribution in [-0.4, -0.2) is 38.6 Å². The highest BCUT2D eigenvalue weighted by atomic mass is 15.1. The molecule has 1 fully saturated rings. The van der Waals surface area contributed by atoms with Crippen LogP contribution in [0.15, 0.2) is 0 Å². The molecule has 2 heteroatoms. The Morgan fingerprint density at radius 3 is 2.54 bits per heavy atom. The lowest BCUT2D eigenvalue weighted by Gasteiger charge is -2.26. The molecule has 78 valence electrons. The van der Waals surface area contributed by atoms with Crippen molar-refractivity contribution in [3.05, 3.63) is 0 Å². The SMILES string of the molecule is CNCCN(C)CC1CCCCC1. The van der Waals surface area contributed by atoms with Crippen molar-refractivity contribution in [1.29, 1.82) is 0 Å². The van der Waals surface area contributed by atoms with Crippen molar-refractivity contribution in [3.63, 3.8) is 0 Å². The molecule has 0 aliphatic heterocycles. The van der Waals surface area contributed by atoms with Gasteiger partial charge in [0, 0.05) is 19.6 Å². The minimum absolute atomic E-state index is 0.982. The number of hydrogen-bond donors (Lipinski definition) is 1. The lowest BCUT2D eigenvalue weighted by atomic mass is 9.89. The van der Waals surface area contributed by atoms with E-state index in [2.05, 4.69) is 17.3 Å². The summed E-state index contributed by atoms with van der Waals surface area (Å²) >= 11 is 0. The first-order valence-electron chi connectivity index (χ1n) is 5.66. The Labute approximate surface area is 82.7 Å². The first-order valence-corrected chi connectivity index (χ1v) is 5.66. The number of nitrogens with one attached hydrogen (secondary N) is 1. The molecule has 0 spiro atoms. The van der Waals surface area contributed by atoms with E-state index in [9.17, 15) is 0 Å². The number of rotatable bonds is 5. The van der Waals surface area contributed by atoms with Crippen molar-refractivity contribution in [1.82, 2.24) is 10.2 Å². The third kappa shape index (κ3) is 4.63. The van der Waals surface area contributed by atoms with Crippen molar-refractivity contribution in [2.75, 3.05) is 33.7 Å². The van der Waals surface area contributed by atoms with E-state index in [0.717, 1.165) is 12.5 Å². The zero-order valence-corrected chi connectivity index (χ0v) is 9.18. The van der Waals surface area contributed by atoms with Crippen LogP contribution in [0.2, 0.25) is 0 Å². The summed E-state index contributed by atoms with van der Waals surface area (Å²) in [5.74, 6) is 0.982. The molecule has 0 amide bonds. The Hall–Kier alpha value is -0.0800. The van der Waals surface area contributed by atoms with Crippen LogP contribution in [0.1, 0.15) is 32.1 Å². The molecule has 0 saturated heterocycles. The molecule has 13 heavy (non-hydrogen) atoms. The van der Waals surface area contributed by atoms with Crippen molar-refractivity contribution in [2.45, 2.75) is 32.1 Å². The van der Waals surface area contributed by atoms with E-state index in [4.69, 9.17) is 0 Å². The van der Waals surface area contributed by atoms with Crippen LogP contribution < -0.4 is 5.32 Å². The van der Waals surface area contributed by atoms with Crippen molar-refractivity contribution in [2.24, 2.45) is 5.92 Å². The largest absolute Gasteiger partial charge is 0.318 e. The maximum atomic E-state index is 3.19. The molecule has 0 heterocycles. The van der Waals surface area contributed by atoms with Crippen molar-refractivity contribution in [3.8, 4) is 0 Å². The first-order chi connectivity index (χ1) is 6.33. The van der Waals surface area contributed by atoms with Gasteiger partial charge in [-0.3, -0.25) is 0 Å². The molecule has 1 N–H and O–H groups in total. The molecular formula is C11H24N2. The molecule has 0 aromatic carbocycles. The highest BCUT2D eigenvalue weighted by molar-refractivity contribution is 4.69. The van der Waals surface area contributed by atoms with E-state index in [1.807, 2.05) is 7.05 Å². The summed E-state index contributed by atoms with van der Waals surface area (Å²) in [5.41, 5.74) is 0. The van der Waals surface area contributed by atoms with Gasteiger partial charge in [-0.2, -0.15) is 0 Å². The summed E-state index contributed by atoms with van der Waals surface area (Å²) in [6, 6.07) is 0. The second-order valence-corrected chi connectivity index (χ2v) is 4.37. The molecule has 1 rings (SSSR count). The fraction of sp³-hybridized carbons (Fsp3) is 1.00. The zero-order valence-electron chi connectivity index (χ0n) is 9.18. The van der Waals surface area contributed by atoms with E-state index < -0.39 is 0 Å². The summed E-state index contributed by atoms with van der Waals surface area (Å²) in [6.45, 7) is 3.61. The fourth-order valence-electron chi connectivity index (χ4n) is 2.20. The highest BCUT2D eigenvalue weighted by Crippen LogP contribution is 2.23. The average Bonchev–Trinajstić information content (AvgIpc) is 2.16. The minimum Gasteiger partial charge on any atom is -0.318 e. The first kappa shape index (κ1) is 11.0. The Morgan fingerprint density at radius 1 is 1.23 bits per heavy atom. The second kappa shape index (κ2) is 6.39. The lowest BCUT2D eigenvalue weighted by Crippen LogP contribution is -2.32. The van der Waals surface area contributed by atoms with E-state index in [-0.39, 0.29) is 0 Å². The molecule has 0 atom stereocenters. The predicted octanol–water partition coefficient (Wildman–Crippen LogP) is 1.72. The molecule has 2 nitrogen and oxygen atoms in total. The maximum absolute atomic E-state index is 3.19. The maximum Gasteiger partial charge on any atom is 0.0104 e. The van der Waals surface area contributed by atoms with Crippen LogP contribution in [0.5, 0.6) is 0 Å². The minimum atomic E-state index is 0.982. The van der Waals surface area contributed by atoms with Crippen LogP contribution in [0.3, 0.4) is 0 Å². The second-order valence-electron chi connectivity index (χ2n) is 4.37. The highest BCUT2D eigenvalue weighted by Gasteiger charge is 2.14. The van der Waals surface area contributed by atoms with E-state index in [0.29, 0.717) is 0 Å². The smallest absolute Gasteiger partial charge is 0.0104 e. The van der Waals surface area contributed by atoms with Crippen molar-refractivity contribution < 1.29 is 0 Å². The standard InChI is InChI=1S/C11H24N2/c1-12-8-9-13(2)10-11-6-4-3-5-7-11/h11-12H,3-10H2,1-2H3. The summed E-state index contributed by atoms with van der Waals surface area (Å²) in [4.78, 5) is 2.46. The average molecular weight is 184 g/mol. The normalized spacial score (nSPS) is 19.6. The monoisotopic (exact) mass is 184 g/mol. The summed E-state index contributed by atoms with van der Waals surface area (Å²) in [7, 11) is 4.26. The molecule has 0 unspecified atom stereocenters.